The number of benzene rings is 3. The summed E-state index contributed by atoms with van der Waals surface area (Å²) in [5.41, 5.74) is 3.34. The highest BCUT2D eigenvalue weighted by molar-refractivity contribution is 5.77. The van der Waals surface area contributed by atoms with Gasteiger partial charge in [-0.1, -0.05) is 66.7 Å². The van der Waals surface area contributed by atoms with Crippen LogP contribution in [0.4, 0.5) is 0 Å². The molecule has 0 fully saturated rings. The first kappa shape index (κ1) is 26.0. The van der Waals surface area contributed by atoms with Crippen molar-refractivity contribution in [2.75, 3.05) is 26.3 Å². The third kappa shape index (κ3) is 9.65. The monoisotopic (exact) mass is 474 g/mol. The van der Waals surface area contributed by atoms with Crippen molar-refractivity contribution in [1.82, 2.24) is 10.6 Å². The van der Waals surface area contributed by atoms with Crippen molar-refractivity contribution in [2.45, 2.75) is 26.0 Å². The highest BCUT2D eigenvalue weighted by atomic mass is 16.5. The summed E-state index contributed by atoms with van der Waals surface area (Å²) < 4.78 is 11.2. The zero-order valence-electron chi connectivity index (χ0n) is 20.2. The number of nitrogens with one attached hydrogen (secondary N) is 2. The summed E-state index contributed by atoms with van der Waals surface area (Å²) in [7, 11) is 0. The van der Waals surface area contributed by atoms with Crippen molar-refractivity contribution in [2.24, 2.45) is 0 Å². The molecule has 6 nitrogen and oxygen atoms in total. The van der Waals surface area contributed by atoms with Crippen molar-refractivity contribution in [1.29, 1.82) is 0 Å². The number of aliphatic hydroxyl groups excluding tert-OH is 1. The molecule has 1 amide bonds. The molecular formula is C29H34N2O4. The molecular weight excluding hydrogens is 440 g/mol. The summed E-state index contributed by atoms with van der Waals surface area (Å²) in [6.07, 6.45) is 2.33. The molecule has 0 bridgehead atoms. The second kappa shape index (κ2) is 14.6. The Kier molecular flexibility index (Phi) is 10.9. The lowest BCUT2D eigenvalue weighted by Crippen LogP contribution is -2.32. The van der Waals surface area contributed by atoms with Crippen LogP contribution in [0, 0.1) is 0 Å². The molecule has 0 saturated heterocycles. The van der Waals surface area contributed by atoms with Crippen LogP contribution in [0.15, 0.2) is 91.0 Å². The van der Waals surface area contributed by atoms with Gasteiger partial charge >= 0.3 is 0 Å². The highest BCUT2D eigenvalue weighted by Gasteiger charge is 2.07. The molecule has 3 N–H and O–H groups in total. The van der Waals surface area contributed by atoms with Crippen LogP contribution in [0.1, 0.15) is 24.5 Å². The molecule has 1 atom stereocenters. The molecule has 0 aliphatic carbocycles. The Bertz CT molecular complexity index is 1040. The number of rotatable bonds is 14. The second-order valence-electron chi connectivity index (χ2n) is 8.12. The van der Waals surface area contributed by atoms with E-state index in [4.69, 9.17) is 9.47 Å². The van der Waals surface area contributed by atoms with Crippen LogP contribution >= 0.6 is 0 Å². The summed E-state index contributed by atoms with van der Waals surface area (Å²) in [4.78, 5) is 12.0. The van der Waals surface area contributed by atoms with E-state index in [1.54, 1.807) is 0 Å². The zero-order valence-corrected chi connectivity index (χ0v) is 20.2. The van der Waals surface area contributed by atoms with Crippen molar-refractivity contribution < 1.29 is 19.4 Å². The molecule has 3 aromatic rings. The number of hydrogen-bond donors (Lipinski definition) is 3. The van der Waals surface area contributed by atoms with Gasteiger partial charge < -0.3 is 25.2 Å². The predicted molar refractivity (Wildman–Crippen MR) is 139 cm³/mol. The van der Waals surface area contributed by atoms with Gasteiger partial charge in [-0.2, -0.15) is 0 Å². The first-order valence-electron chi connectivity index (χ1n) is 11.9. The Morgan fingerprint density at radius 1 is 0.914 bits per heavy atom. The molecule has 0 aliphatic heterocycles. The molecule has 0 heterocycles. The van der Waals surface area contributed by atoms with Crippen LogP contribution in [0.2, 0.25) is 0 Å². The Morgan fingerprint density at radius 2 is 1.57 bits per heavy atom. The van der Waals surface area contributed by atoms with E-state index in [0.29, 0.717) is 18.8 Å². The minimum absolute atomic E-state index is 0.0249. The van der Waals surface area contributed by atoms with Crippen molar-refractivity contribution in [3.05, 3.63) is 102 Å². The third-order valence-corrected chi connectivity index (χ3v) is 5.41. The fourth-order valence-corrected chi connectivity index (χ4v) is 3.48. The Morgan fingerprint density at radius 3 is 2.26 bits per heavy atom. The van der Waals surface area contributed by atoms with Gasteiger partial charge in [0.15, 0.2) is 6.61 Å². The van der Waals surface area contributed by atoms with Gasteiger partial charge in [-0.15, -0.1) is 0 Å². The molecule has 0 saturated carbocycles. The number of hydrogen-bond acceptors (Lipinski definition) is 5. The number of amides is 1. The SMILES string of the molecule is C/C=C(\CCNCC(O)COc1ccccc1)c1ccc(OCC(=O)NCc2ccccc2)cc1. The molecule has 1 unspecified atom stereocenters. The summed E-state index contributed by atoms with van der Waals surface area (Å²) in [6, 6.07) is 27.0. The van der Waals surface area contributed by atoms with Gasteiger partial charge in [0, 0.05) is 13.1 Å². The zero-order chi connectivity index (χ0) is 24.7. The van der Waals surface area contributed by atoms with E-state index in [1.165, 1.54) is 5.57 Å². The maximum Gasteiger partial charge on any atom is 0.258 e. The Hall–Kier alpha value is -3.61. The van der Waals surface area contributed by atoms with Gasteiger partial charge in [-0.3, -0.25) is 4.79 Å². The van der Waals surface area contributed by atoms with Crippen LogP contribution in [0.25, 0.3) is 5.57 Å². The first-order valence-corrected chi connectivity index (χ1v) is 11.9. The predicted octanol–water partition coefficient (Wildman–Crippen LogP) is 4.20. The Labute approximate surface area is 207 Å². The highest BCUT2D eigenvalue weighted by Crippen LogP contribution is 2.21. The molecule has 35 heavy (non-hydrogen) atoms. The van der Waals surface area contributed by atoms with E-state index in [0.717, 1.165) is 29.8 Å². The standard InChI is InChI=1S/C29H34N2O4/c1-2-24(17-18-30-20-26(32)21-34-27-11-7-4-8-12-27)25-13-15-28(16-14-25)35-22-29(33)31-19-23-9-5-3-6-10-23/h2-16,26,30,32H,17-22H2,1H3,(H,31,33)/b24-2+. The van der Waals surface area contributed by atoms with Gasteiger partial charge in [-0.25, -0.2) is 0 Å². The second-order valence-corrected chi connectivity index (χ2v) is 8.12. The minimum Gasteiger partial charge on any atom is -0.491 e. The minimum atomic E-state index is -0.578. The van der Waals surface area contributed by atoms with Gasteiger partial charge in [-0.05, 0) is 60.9 Å². The lowest BCUT2D eigenvalue weighted by Gasteiger charge is -2.14. The van der Waals surface area contributed by atoms with E-state index < -0.39 is 6.10 Å². The van der Waals surface area contributed by atoms with E-state index in [-0.39, 0.29) is 19.1 Å². The third-order valence-electron chi connectivity index (χ3n) is 5.41. The normalized spacial score (nSPS) is 12.1. The van der Waals surface area contributed by atoms with E-state index in [1.807, 2.05) is 91.9 Å². The lowest BCUT2D eigenvalue weighted by atomic mass is 10.0. The molecule has 0 radical (unpaired) electrons. The summed E-state index contributed by atoms with van der Waals surface area (Å²) in [6.45, 7) is 3.92. The summed E-state index contributed by atoms with van der Waals surface area (Å²) in [5.74, 6) is 1.25. The maximum absolute atomic E-state index is 12.0. The largest absolute Gasteiger partial charge is 0.491 e. The lowest BCUT2D eigenvalue weighted by molar-refractivity contribution is -0.123. The summed E-state index contributed by atoms with van der Waals surface area (Å²) >= 11 is 0. The van der Waals surface area contributed by atoms with Crippen LogP contribution in [-0.4, -0.2) is 43.4 Å². The fourth-order valence-electron chi connectivity index (χ4n) is 3.48. The molecule has 3 aromatic carbocycles. The van der Waals surface area contributed by atoms with Crippen molar-refractivity contribution in [3.8, 4) is 11.5 Å². The number of allylic oxidation sites excluding steroid dienone is 1. The number of carbonyl (C=O) groups excluding carboxylic acids is 1. The van der Waals surface area contributed by atoms with E-state index in [2.05, 4.69) is 16.7 Å². The van der Waals surface area contributed by atoms with Crippen LogP contribution in [-0.2, 0) is 11.3 Å². The van der Waals surface area contributed by atoms with E-state index >= 15 is 0 Å². The average Bonchev–Trinajstić information content (AvgIpc) is 2.91. The van der Waals surface area contributed by atoms with Gasteiger partial charge in [0.1, 0.15) is 24.2 Å². The number of ether oxygens (including phenoxy) is 2. The molecule has 0 aliphatic rings. The summed E-state index contributed by atoms with van der Waals surface area (Å²) in [5, 5.41) is 16.3. The Balaban J connectivity index is 1.33. The average molecular weight is 475 g/mol. The maximum atomic E-state index is 12.0. The quantitative estimate of drug-likeness (QED) is 0.305. The van der Waals surface area contributed by atoms with Crippen LogP contribution < -0.4 is 20.1 Å². The topological polar surface area (TPSA) is 79.8 Å². The molecule has 184 valence electrons. The van der Waals surface area contributed by atoms with Crippen molar-refractivity contribution >= 4 is 11.5 Å². The number of carbonyl (C=O) groups is 1. The van der Waals surface area contributed by atoms with Gasteiger partial charge in [0.25, 0.3) is 5.91 Å². The molecule has 0 aromatic heterocycles. The first-order chi connectivity index (χ1) is 17.1. The molecule has 0 spiro atoms. The van der Waals surface area contributed by atoms with Crippen molar-refractivity contribution in [3.63, 3.8) is 0 Å². The molecule has 6 heteroatoms. The molecule has 3 rings (SSSR count). The smallest absolute Gasteiger partial charge is 0.258 e. The van der Waals surface area contributed by atoms with Gasteiger partial charge in [0.2, 0.25) is 0 Å². The number of para-hydroxylation sites is 1. The van der Waals surface area contributed by atoms with Crippen LogP contribution in [0.3, 0.4) is 0 Å². The van der Waals surface area contributed by atoms with E-state index in [9.17, 15) is 9.90 Å². The van der Waals surface area contributed by atoms with Gasteiger partial charge in [0.05, 0.1) is 0 Å². The number of aliphatic hydroxyl groups is 1. The fraction of sp³-hybridized carbons (Fsp3) is 0.276. The van der Waals surface area contributed by atoms with Crippen LogP contribution in [0.5, 0.6) is 11.5 Å².